The summed E-state index contributed by atoms with van der Waals surface area (Å²) >= 11 is 3.84. The average molecular weight is 176 g/mol. The molecule has 3 heteroatoms. The fourth-order valence-corrected chi connectivity index (χ4v) is 3.77. The van der Waals surface area contributed by atoms with E-state index in [9.17, 15) is 4.79 Å². The van der Waals surface area contributed by atoms with Gasteiger partial charge >= 0.3 is 0 Å². The first kappa shape index (κ1) is 8.47. The summed E-state index contributed by atoms with van der Waals surface area (Å²) in [4.78, 5) is 10.3. The number of hydrogen-bond donors (Lipinski definition) is 0. The zero-order chi connectivity index (χ0) is 7.45. The predicted octanol–water partition coefficient (Wildman–Crippen LogP) is 2.16. The maximum atomic E-state index is 10.3. The van der Waals surface area contributed by atoms with Crippen LogP contribution in [0.2, 0.25) is 0 Å². The molecule has 1 aliphatic rings. The lowest BCUT2D eigenvalue weighted by atomic mass is 10.3. The van der Waals surface area contributed by atoms with Gasteiger partial charge in [0.1, 0.15) is 6.29 Å². The van der Waals surface area contributed by atoms with Gasteiger partial charge in [0.2, 0.25) is 0 Å². The first-order valence-electron chi connectivity index (χ1n) is 3.48. The predicted molar refractivity (Wildman–Crippen MR) is 48.6 cm³/mol. The van der Waals surface area contributed by atoms with Crippen molar-refractivity contribution in [2.24, 2.45) is 0 Å². The molecule has 0 amide bonds. The molecule has 0 spiro atoms. The van der Waals surface area contributed by atoms with Crippen molar-refractivity contribution in [3.63, 3.8) is 0 Å². The molecule has 0 saturated carbocycles. The maximum Gasteiger partial charge on any atom is 0.122 e. The van der Waals surface area contributed by atoms with Crippen molar-refractivity contribution in [1.29, 1.82) is 0 Å². The van der Waals surface area contributed by atoms with E-state index in [4.69, 9.17) is 0 Å². The lowest BCUT2D eigenvalue weighted by Gasteiger charge is -2.30. The van der Waals surface area contributed by atoms with Crippen LogP contribution in [0.4, 0.5) is 0 Å². The highest BCUT2D eigenvalue weighted by Gasteiger charge is 2.27. The molecule has 0 aliphatic carbocycles. The number of rotatable bonds is 2. The summed E-state index contributed by atoms with van der Waals surface area (Å²) in [5.74, 6) is 2.44. The minimum absolute atomic E-state index is 0.194. The maximum absolute atomic E-state index is 10.3. The number of thioether (sulfide) groups is 2. The summed E-state index contributed by atoms with van der Waals surface area (Å²) in [6.45, 7) is 2.16. The topological polar surface area (TPSA) is 17.1 Å². The summed E-state index contributed by atoms with van der Waals surface area (Å²) < 4.78 is 0.194. The largest absolute Gasteiger partial charge is 0.303 e. The van der Waals surface area contributed by atoms with Gasteiger partial charge in [0.15, 0.2) is 0 Å². The summed E-state index contributed by atoms with van der Waals surface area (Å²) in [6.07, 6.45) is 3.03. The van der Waals surface area contributed by atoms with Crippen LogP contribution in [-0.4, -0.2) is 21.9 Å². The third kappa shape index (κ3) is 2.20. The second kappa shape index (κ2) is 3.67. The van der Waals surface area contributed by atoms with Crippen molar-refractivity contribution in [2.75, 3.05) is 11.5 Å². The minimum Gasteiger partial charge on any atom is -0.303 e. The zero-order valence-electron chi connectivity index (χ0n) is 6.13. The molecule has 0 aromatic rings. The van der Waals surface area contributed by atoms with Crippen molar-refractivity contribution < 1.29 is 4.79 Å². The molecule has 0 bridgehead atoms. The molecule has 1 heterocycles. The Morgan fingerprint density at radius 2 is 2.10 bits per heavy atom. The SMILES string of the molecule is CC1(CC=O)SCCCS1. The molecule has 58 valence electrons. The van der Waals surface area contributed by atoms with E-state index in [1.807, 2.05) is 23.5 Å². The van der Waals surface area contributed by atoms with E-state index in [0.29, 0.717) is 6.42 Å². The molecule has 0 radical (unpaired) electrons. The van der Waals surface area contributed by atoms with Crippen LogP contribution in [0, 0.1) is 0 Å². The van der Waals surface area contributed by atoms with Crippen LogP contribution in [0.5, 0.6) is 0 Å². The fraction of sp³-hybridized carbons (Fsp3) is 0.857. The van der Waals surface area contributed by atoms with Crippen molar-refractivity contribution in [3.8, 4) is 0 Å². The molecule has 1 saturated heterocycles. The van der Waals surface area contributed by atoms with E-state index < -0.39 is 0 Å². The Labute approximate surface area is 70.3 Å². The van der Waals surface area contributed by atoms with E-state index in [1.54, 1.807) is 0 Å². The van der Waals surface area contributed by atoms with Gasteiger partial charge in [-0.2, -0.15) is 0 Å². The van der Waals surface area contributed by atoms with Crippen LogP contribution in [0.25, 0.3) is 0 Å². The van der Waals surface area contributed by atoms with E-state index >= 15 is 0 Å². The Kier molecular flexibility index (Phi) is 3.11. The Morgan fingerprint density at radius 1 is 1.50 bits per heavy atom. The summed E-state index contributed by atoms with van der Waals surface area (Å²) in [5.41, 5.74) is 0. The van der Waals surface area contributed by atoms with Crippen molar-refractivity contribution in [1.82, 2.24) is 0 Å². The number of hydrogen-bond acceptors (Lipinski definition) is 3. The fourth-order valence-electron chi connectivity index (χ4n) is 0.946. The standard InChI is InChI=1S/C7H12OS2/c1-7(3-4-8)9-5-2-6-10-7/h4H,2-3,5-6H2,1H3. The van der Waals surface area contributed by atoms with Gasteiger partial charge in [-0.05, 0) is 24.9 Å². The molecular formula is C7H12OS2. The average Bonchev–Trinajstić information content (AvgIpc) is 1.89. The van der Waals surface area contributed by atoms with Gasteiger partial charge in [-0.3, -0.25) is 0 Å². The van der Waals surface area contributed by atoms with E-state index in [2.05, 4.69) is 6.92 Å². The Hall–Kier alpha value is 0.370. The van der Waals surface area contributed by atoms with Crippen molar-refractivity contribution in [3.05, 3.63) is 0 Å². The molecule has 1 fully saturated rings. The van der Waals surface area contributed by atoms with Crippen LogP contribution in [0.1, 0.15) is 19.8 Å². The normalized spacial score (nSPS) is 24.1. The first-order chi connectivity index (χ1) is 4.77. The molecular weight excluding hydrogens is 164 g/mol. The molecule has 0 aromatic carbocycles. The number of carbonyl (C=O) groups excluding carboxylic acids is 1. The first-order valence-corrected chi connectivity index (χ1v) is 5.45. The van der Waals surface area contributed by atoms with Crippen molar-refractivity contribution in [2.45, 2.75) is 23.8 Å². The zero-order valence-corrected chi connectivity index (χ0v) is 7.76. The molecule has 10 heavy (non-hydrogen) atoms. The van der Waals surface area contributed by atoms with Crippen LogP contribution < -0.4 is 0 Å². The lowest BCUT2D eigenvalue weighted by Crippen LogP contribution is -2.21. The smallest absolute Gasteiger partial charge is 0.122 e. The van der Waals surface area contributed by atoms with Gasteiger partial charge in [-0.1, -0.05) is 0 Å². The quantitative estimate of drug-likeness (QED) is 0.600. The van der Waals surface area contributed by atoms with Crippen LogP contribution in [0.3, 0.4) is 0 Å². The highest BCUT2D eigenvalue weighted by Crippen LogP contribution is 2.43. The third-order valence-electron chi connectivity index (χ3n) is 1.56. The summed E-state index contributed by atoms with van der Waals surface area (Å²) in [5, 5.41) is 0. The highest BCUT2D eigenvalue weighted by atomic mass is 32.2. The third-order valence-corrected chi connectivity index (χ3v) is 4.80. The molecule has 1 aliphatic heterocycles. The van der Waals surface area contributed by atoms with Gasteiger partial charge in [0.05, 0.1) is 4.08 Å². The molecule has 0 unspecified atom stereocenters. The second-order valence-electron chi connectivity index (χ2n) is 2.56. The van der Waals surface area contributed by atoms with Gasteiger partial charge in [-0.15, -0.1) is 23.5 Å². The molecule has 0 atom stereocenters. The Bertz CT molecular complexity index is 119. The minimum atomic E-state index is 0.194. The van der Waals surface area contributed by atoms with Gasteiger partial charge < -0.3 is 4.79 Å². The van der Waals surface area contributed by atoms with Crippen molar-refractivity contribution >= 4 is 29.8 Å². The molecule has 1 rings (SSSR count). The molecule has 1 nitrogen and oxygen atoms in total. The Balaban J connectivity index is 2.39. The summed E-state index contributed by atoms with van der Waals surface area (Å²) in [7, 11) is 0. The van der Waals surface area contributed by atoms with Crippen LogP contribution >= 0.6 is 23.5 Å². The van der Waals surface area contributed by atoms with Crippen LogP contribution in [-0.2, 0) is 4.79 Å². The number of aldehydes is 1. The lowest BCUT2D eigenvalue weighted by molar-refractivity contribution is -0.107. The summed E-state index contributed by atoms with van der Waals surface area (Å²) in [6, 6.07) is 0. The van der Waals surface area contributed by atoms with Gasteiger partial charge in [-0.25, -0.2) is 0 Å². The molecule has 0 N–H and O–H groups in total. The second-order valence-corrected chi connectivity index (χ2v) is 6.01. The van der Waals surface area contributed by atoms with E-state index in [0.717, 1.165) is 6.29 Å². The highest BCUT2D eigenvalue weighted by molar-refractivity contribution is 8.18. The van der Waals surface area contributed by atoms with Crippen LogP contribution in [0.15, 0.2) is 0 Å². The monoisotopic (exact) mass is 176 g/mol. The van der Waals surface area contributed by atoms with Gasteiger partial charge in [0, 0.05) is 6.42 Å². The Morgan fingerprint density at radius 3 is 2.60 bits per heavy atom. The van der Waals surface area contributed by atoms with E-state index in [-0.39, 0.29) is 4.08 Å². The van der Waals surface area contributed by atoms with Gasteiger partial charge in [0.25, 0.3) is 0 Å². The van der Waals surface area contributed by atoms with E-state index in [1.165, 1.54) is 17.9 Å². The number of carbonyl (C=O) groups is 1. The molecule has 0 aromatic heterocycles.